The lowest BCUT2D eigenvalue weighted by atomic mass is 10.1. The fourth-order valence-corrected chi connectivity index (χ4v) is 2.50. The second-order valence-corrected chi connectivity index (χ2v) is 5.01. The first-order chi connectivity index (χ1) is 9.16. The Bertz CT molecular complexity index is 445. The highest BCUT2D eigenvalue weighted by molar-refractivity contribution is 5.94. The van der Waals surface area contributed by atoms with Crippen LogP contribution in [0.2, 0.25) is 0 Å². The van der Waals surface area contributed by atoms with Crippen molar-refractivity contribution in [3.63, 3.8) is 0 Å². The molecule has 2 rings (SSSR count). The summed E-state index contributed by atoms with van der Waals surface area (Å²) in [7, 11) is 0. The summed E-state index contributed by atoms with van der Waals surface area (Å²) >= 11 is 0. The molecule has 4 nitrogen and oxygen atoms in total. The van der Waals surface area contributed by atoms with Crippen molar-refractivity contribution in [3.8, 4) is 0 Å². The first-order valence-corrected chi connectivity index (χ1v) is 6.78. The number of nitrogens with zero attached hydrogens (tertiary/aromatic N) is 1. The number of rotatable bonds is 2. The summed E-state index contributed by atoms with van der Waals surface area (Å²) in [6, 6.07) is 9.39. The normalized spacial score (nSPS) is 19.6. The van der Waals surface area contributed by atoms with E-state index in [1.54, 1.807) is 0 Å². The Morgan fingerprint density at radius 1 is 1.21 bits per heavy atom. The minimum Gasteiger partial charge on any atom is -0.352 e. The van der Waals surface area contributed by atoms with Crippen LogP contribution in [-0.2, 0) is 4.79 Å². The summed E-state index contributed by atoms with van der Waals surface area (Å²) in [6.07, 6.45) is 2.98. The molecule has 0 aliphatic carbocycles. The average molecular weight is 260 g/mol. The van der Waals surface area contributed by atoms with Crippen LogP contribution in [0, 0.1) is 0 Å². The number of hydrogen-bond acceptors (Lipinski definition) is 2. The van der Waals surface area contributed by atoms with Gasteiger partial charge >= 0.3 is 0 Å². The Balaban J connectivity index is 2.05. The molecule has 1 atom stereocenters. The molecular weight excluding hydrogens is 240 g/mol. The fourth-order valence-electron chi connectivity index (χ4n) is 2.50. The molecule has 19 heavy (non-hydrogen) atoms. The maximum Gasteiger partial charge on any atom is 0.253 e. The van der Waals surface area contributed by atoms with Crippen LogP contribution in [-0.4, -0.2) is 35.8 Å². The van der Waals surface area contributed by atoms with E-state index < -0.39 is 0 Å². The van der Waals surface area contributed by atoms with E-state index in [4.69, 9.17) is 0 Å². The van der Waals surface area contributed by atoms with Crippen molar-refractivity contribution in [2.75, 3.05) is 13.1 Å². The van der Waals surface area contributed by atoms with E-state index in [0.717, 1.165) is 25.8 Å². The lowest BCUT2D eigenvalue weighted by Crippen LogP contribution is -2.44. The molecule has 0 radical (unpaired) electrons. The molecule has 0 saturated carbocycles. The third-order valence-corrected chi connectivity index (χ3v) is 3.39. The van der Waals surface area contributed by atoms with E-state index in [9.17, 15) is 9.59 Å². The van der Waals surface area contributed by atoms with Crippen molar-refractivity contribution in [1.29, 1.82) is 0 Å². The van der Waals surface area contributed by atoms with Crippen molar-refractivity contribution in [3.05, 3.63) is 35.9 Å². The smallest absolute Gasteiger partial charge is 0.253 e. The summed E-state index contributed by atoms with van der Waals surface area (Å²) in [5.41, 5.74) is 0.714. The molecule has 1 aliphatic rings. The molecule has 0 spiro atoms. The summed E-state index contributed by atoms with van der Waals surface area (Å²) < 4.78 is 0. The largest absolute Gasteiger partial charge is 0.352 e. The Kier molecular flexibility index (Phi) is 4.55. The van der Waals surface area contributed by atoms with Crippen LogP contribution in [0.5, 0.6) is 0 Å². The van der Waals surface area contributed by atoms with E-state index in [-0.39, 0.29) is 17.9 Å². The molecular formula is C15H20N2O2. The number of carbonyl (C=O) groups excluding carboxylic acids is 2. The zero-order chi connectivity index (χ0) is 13.7. The maximum absolute atomic E-state index is 12.4. The van der Waals surface area contributed by atoms with E-state index in [1.165, 1.54) is 6.92 Å². The molecule has 1 aliphatic heterocycles. The fraction of sp³-hybridized carbons (Fsp3) is 0.467. The quantitative estimate of drug-likeness (QED) is 0.881. The Hall–Kier alpha value is -1.84. The highest BCUT2D eigenvalue weighted by Crippen LogP contribution is 2.14. The van der Waals surface area contributed by atoms with Gasteiger partial charge in [-0.25, -0.2) is 0 Å². The SMILES string of the molecule is CC(=O)NC1CCCCN(C(=O)c2ccccc2)C1. The Morgan fingerprint density at radius 2 is 1.95 bits per heavy atom. The zero-order valence-electron chi connectivity index (χ0n) is 11.3. The number of carbonyl (C=O) groups is 2. The molecule has 1 fully saturated rings. The Labute approximate surface area is 113 Å². The third kappa shape index (κ3) is 3.81. The van der Waals surface area contributed by atoms with Gasteiger partial charge in [0.1, 0.15) is 0 Å². The van der Waals surface area contributed by atoms with Gasteiger partial charge in [-0.3, -0.25) is 9.59 Å². The predicted molar refractivity (Wildman–Crippen MR) is 73.8 cm³/mol. The highest BCUT2D eigenvalue weighted by atomic mass is 16.2. The number of nitrogens with one attached hydrogen (secondary N) is 1. The van der Waals surface area contributed by atoms with Gasteiger partial charge < -0.3 is 10.2 Å². The molecule has 0 bridgehead atoms. The number of benzene rings is 1. The minimum absolute atomic E-state index is 0.0287. The standard InChI is InChI=1S/C15H20N2O2/c1-12(18)16-14-9-5-6-10-17(11-14)15(19)13-7-3-2-4-8-13/h2-4,7-8,14H,5-6,9-11H2,1H3,(H,16,18). The second kappa shape index (κ2) is 6.36. The van der Waals surface area contributed by atoms with Crippen LogP contribution in [0.1, 0.15) is 36.5 Å². The molecule has 1 unspecified atom stereocenters. The third-order valence-electron chi connectivity index (χ3n) is 3.39. The van der Waals surface area contributed by atoms with E-state index >= 15 is 0 Å². The molecule has 1 aromatic rings. The molecule has 1 saturated heterocycles. The second-order valence-electron chi connectivity index (χ2n) is 5.01. The first kappa shape index (κ1) is 13.6. The molecule has 4 heteroatoms. The zero-order valence-corrected chi connectivity index (χ0v) is 11.3. The molecule has 1 heterocycles. The number of amides is 2. The maximum atomic E-state index is 12.4. The van der Waals surface area contributed by atoms with E-state index in [0.29, 0.717) is 12.1 Å². The van der Waals surface area contributed by atoms with Gasteiger partial charge in [-0.15, -0.1) is 0 Å². The van der Waals surface area contributed by atoms with Crippen molar-refractivity contribution in [1.82, 2.24) is 10.2 Å². The van der Waals surface area contributed by atoms with E-state index in [1.807, 2.05) is 35.2 Å². The first-order valence-electron chi connectivity index (χ1n) is 6.78. The van der Waals surface area contributed by atoms with Gasteiger partial charge in [0.15, 0.2) is 0 Å². The van der Waals surface area contributed by atoms with Crippen molar-refractivity contribution in [2.24, 2.45) is 0 Å². The average Bonchev–Trinajstić information content (AvgIpc) is 2.64. The van der Waals surface area contributed by atoms with Crippen molar-refractivity contribution in [2.45, 2.75) is 32.2 Å². The summed E-state index contributed by atoms with van der Waals surface area (Å²) in [6.45, 7) is 2.89. The van der Waals surface area contributed by atoms with Crippen LogP contribution in [0.3, 0.4) is 0 Å². The van der Waals surface area contributed by atoms with Gasteiger partial charge in [-0.1, -0.05) is 18.2 Å². The number of hydrogen-bond donors (Lipinski definition) is 1. The summed E-state index contributed by atoms with van der Waals surface area (Å²) in [5.74, 6) is 0.0249. The lowest BCUT2D eigenvalue weighted by Gasteiger charge is -2.25. The van der Waals surface area contributed by atoms with Crippen LogP contribution in [0.25, 0.3) is 0 Å². The van der Waals surface area contributed by atoms with Gasteiger partial charge in [0.25, 0.3) is 5.91 Å². The van der Waals surface area contributed by atoms with Crippen molar-refractivity contribution < 1.29 is 9.59 Å². The van der Waals surface area contributed by atoms with Crippen LogP contribution < -0.4 is 5.32 Å². The molecule has 0 aromatic heterocycles. The summed E-state index contributed by atoms with van der Waals surface area (Å²) in [4.78, 5) is 25.4. The number of likely N-dealkylation sites (tertiary alicyclic amines) is 1. The van der Waals surface area contributed by atoms with Gasteiger partial charge in [0.2, 0.25) is 5.91 Å². The molecule has 1 N–H and O–H groups in total. The minimum atomic E-state index is -0.0287. The van der Waals surface area contributed by atoms with Gasteiger partial charge in [0, 0.05) is 31.6 Å². The van der Waals surface area contributed by atoms with Gasteiger partial charge in [-0.2, -0.15) is 0 Å². The van der Waals surface area contributed by atoms with Gasteiger partial charge in [0.05, 0.1) is 0 Å². The highest BCUT2D eigenvalue weighted by Gasteiger charge is 2.23. The Morgan fingerprint density at radius 3 is 2.63 bits per heavy atom. The monoisotopic (exact) mass is 260 g/mol. The molecule has 2 amide bonds. The topological polar surface area (TPSA) is 49.4 Å². The predicted octanol–water partition coefficient (Wildman–Crippen LogP) is 1.82. The lowest BCUT2D eigenvalue weighted by molar-refractivity contribution is -0.119. The van der Waals surface area contributed by atoms with Gasteiger partial charge in [-0.05, 0) is 31.4 Å². The molecule has 102 valence electrons. The van der Waals surface area contributed by atoms with Crippen LogP contribution >= 0.6 is 0 Å². The van der Waals surface area contributed by atoms with Crippen molar-refractivity contribution >= 4 is 11.8 Å². The molecule has 1 aromatic carbocycles. The van der Waals surface area contributed by atoms with Crippen LogP contribution in [0.15, 0.2) is 30.3 Å². The van der Waals surface area contributed by atoms with Crippen LogP contribution in [0.4, 0.5) is 0 Å². The summed E-state index contributed by atoms with van der Waals surface area (Å²) in [5, 5.41) is 2.93. The van der Waals surface area contributed by atoms with E-state index in [2.05, 4.69) is 5.32 Å².